The Hall–Kier alpha value is -1.95. The van der Waals surface area contributed by atoms with E-state index in [-0.39, 0.29) is 18.1 Å². The average molecular weight is 223 g/mol. The first kappa shape index (κ1) is 12.1. The smallest absolute Gasteiger partial charge is 0.274 e. The van der Waals surface area contributed by atoms with Gasteiger partial charge in [-0.1, -0.05) is 6.07 Å². The van der Waals surface area contributed by atoms with Gasteiger partial charge >= 0.3 is 0 Å². The van der Waals surface area contributed by atoms with Gasteiger partial charge in [-0.05, 0) is 20.0 Å². The first-order chi connectivity index (χ1) is 7.56. The zero-order chi connectivity index (χ0) is 12.1. The third-order valence-electron chi connectivity index (χ3n) is 2.11. The number of amides is 1. The number of benzene rings is 1. The second-order valence-electron chi connectivity index (χ2n) is 3.29. The molecule has 1 rings (SSSR count). The molecule has 0 saturated carbocycles. The number of anilines is 1. The van der Waals surface area contributed by atoms with Crippen LogP contribution >= 0.6 is 0 Å². The fourth-order valence-electron chi connectivity index (χ4n) is 1.31. The molecule has 6 heteroatoms. The van der Waals surface area contributed by atoms with Gasteiger partial charge in [0.1, 0.15) is 0 Å². The molecule has 0 fully saturated rings. The molecule has 0 radical (unpaired) electrons. The van der Waals surface area contributed by atoms with Crippen LogP contribution < -0.4 is 10.6 Å². The monoisotopic (exact) mass is 223 g/mol. The van der Waals surface area contributed by atoms with Crippen molar-refractivity contribution in [2.75, 3.05) is 18.9 Å². The second-order valence-corrected chi connectivity index (χ2v) is 3.29. The number of hydrogen-bond donors (Lipinski definition) is 2. The maximum Gasteiger partial charge on any atom is 0.274 e. The van der Waals surface area contributed by atoms with Crippen molar-refractivity contribution in [3.05, 3.63) is 33.9 Å². The lowest BCUT2D eigenvalue weighted by Gasteiger charge is -2.07. The molecule has 1 aromatic carbocycles. The van der Waals surface area contributed by atoms with E-state index in [4.69, 9.17) is 0 Å². The van der Waals surface area contributed by atoms with Crippen LogP contribution in [0.5, 0.6) is 0 Å². The van der Waals surface area contributed by atoms with Crippen molar-refractivity contribution in [1.82, 2.24) is 5.32 Å². The van der Waals surface area contributed by atoms with E-state index in [1.807, 2.05) is 0 Å². The summed E-state index contributed by atoms with van der Waals surface area (Å²) in [5.41, 5.74) is 0.925. The summed E-state index contributed by atoms with van der Waals surface area (Å²) in [7, 11) is 1.65. The molecule has 0 aromatic heterocycles. The Labute approximate surface area is 92.8 Å². The van der Waals surface area contributed by atoms with Crippen molar-refractivity contribution in [3.8, 4) is 0 Å². The van der Waals surface area contributed by atoms with Crippen molar-refractivity contribution in [3.63, 3.8) is 0 Å². The maximum absolute atomic E-state index is 11.3. The van der Waals surface area contributed by atoms with Crippen LogP contribution in [0.25, 0.3) is 0 Å². The number of carbonyl (C=O) groups is 1. The molecule has 2 N–H and O–H groups in total. The number of rotatable bonds is 4. The highest BCUT2D eigenvalue weighted by molar-refractivity contribution is 5.93. The number of nitro benzene ring substituents is 1. The van der Waals surface area contributed by atoms with Crippen molar-refractivity contribution in [2.24, 2.45) is 0 Å². The van der Waals surface area contributed by atoms with Crippen molar-refractivity contribution >= 4 is 17.3 Å². The SMILES string of the molecule is CNCC(=O)Nc1cccc([N+](=O)[O-])c1C. The normalized spacial score (nSPS) is 9.88. The van der Waals surface area contributed by atoms with Crippen molar-refractivity contribution < 1.29 is 9.72 Å². The van der Waals surface area contributed by atoms with Crippen LogP contribution in [-0.4, -0.2) is 24.4 Å². The largest absolute Gasteiger partial charge is 0.324 e. The molecule has 0 unspecified atom stereocenters. The second kappa shape index (κ2) is 5.22. The minimum absolute atomic E-state index is 0.00209. The van der Waals surface area contributed by atoms with Gasteiger partial charge in [-0.3, -0.25) is 14.9 Å². The molecule has 0 atom stereocenters. The minimum atomic E-state index is -0.469. The topological polar surface area (TPSA) is 84.3 Å². The molecular formula is C10H13N3O3. The Morgan fingerprint density at radius 2 is 2.19 bits per heavy atom. The van der Waals surface area contributed by atoms with E-state index in [9.17, 15) is 14.9 Å². The summed E-state index contributed by atoms with van der Waals surface area (Å²) in [4.78, 5) is 21.5. The lowest BCUT2D eigenvalue weighted by Crippen LogP contribution is -2.25. The molecule has 86 valence electrons. The van der Waals surface area contributed by atoms with Crippen molar-refractivity contribution in [1.29, 1.82) is 0 Å². The molecule has 1 amide bonds. The van der Waals surface area contributed by atoms with Gasteiger partial charge in [0.05, 0.1) is 22.7 Å². The summed E-state index contributed by atoms with van der Waals surface area (Å²) in [6.07, 6.45) is 0. The van der Waals surface area contributed by atoms with Crippen LogP contribution in [0.2, 0.25) is 0 Å². The molecule has 0 bridgehead atoms. The van der Waals surface area contributed by atoms with Gasteiger partial charge in [0.2, 0.25) is 5.91 Å². The average Bonchev–Trinajstić information content (AvgIpc) is 2.21. The molecule has 0 aliphatic carbocycles. The Morgan fingerprint density at radius 1 is 1.50 bits per heavy atom. The highest BCUT2D eigenvalue weighted by Gasteiger charge is 2.14. The summed E-state index contributed by atoms with van der Waals surface area (Å²) in [6.45, 7) is 1.77. The molecule has 0 heterocycles. The lowest BCUT2D eigenvalue weighted by atomic mass is 10.1. The van der Waals surface area contributed by atoms with Crippen LogP contribution in [-0.2, 0) is 4.79 Å². The summed E-state index contributed by atoms with van der Waals surface area (Å²) < 4.78 is 0. The number of likely N-dealkylation sites (N-methyl/N-ethyl adjacent to an activating group) is 1. The first-order valence-electron chi connectivity index (χ1n) is 4.74. The fraction of sp³-hybridized carbons (Fsp3) is 0.300. The predicted molar refractivity (Wildman–Crippen MR) is 60.4 cm³/mol. The third kappa shape index (κ3) is 2.77. The van der Waals surface area contributed by atoms with E-state index < -0.39 is 4.92 Å². The first-order valence-corrected chi connectivity index (χ1v) is 4.74. The Bertz CT molecular complexity index is 418. The van der Waals surface area contributed by atoms with Gasteiger partial charge in [0.25, 0.3) is 5.69 Å². The van der Waals surface area contributed by atoms with Gasteiger partial charge in [-0.15, -0.1) is 0 Å². The molecule has 1 aromatic rings. The van der Waals surface area contributed by atoms with Crippen LogP contribution in [0.4, 0.5) is 11.4 Å². The van der Waals surface area contributed by atoms with E-state index >= 15 is 0 Å². The van der Waals surface area contributed by atoms with E-state index in [0.717, 1.165) is 0 Å². The van der Waals surface area contributed by atoms with Gasteiger partial charge in [0.15, 0.2) is 0 Å². The van der Waals surface area contributed by atoms with Gasteiger partial charge < -0.3 is 10.6 Å². The van der Waals surface area contributed by atoms with Gasteiger partial charge in [-0.2, -0.15) is 0 Å². The molecule has 16 heavy (non-hydrogen) atoms. The van der Waals surface area contributed by atoms with E-state index in [2.05, 4.69) is 10.6 Å². The quantitative estimate of drug-likeness (QED) is 0.590. The van der Waals surface area contributed by atoms with E-state index in [1.54, 1.807) is 26.1 Å². The van der Waals surface area contributed by atoms with Crippen LogP contribution in [0.3, 0.4) is 0 Å². The molecule has 0 aliphatic rings. The highest BCUT2D eigenvalue weighted by Crippen LogP contribution is 2.24. The molecule has 0 saturated heterocycles. The van der Waals surface area contributed by atoms with Gasteiger partial charge in [0, 0.05) is 6.07 Å². The van der Waals surface area contributed by atoms with E-state index in [0.29, 0.717) is 11.3 Å². The molecule has 0 spiro atoms. The van der Waals surface area contributed by atoms with Crippen LogP contribution in [0, 0.1) is 17.0 Å². The number of nitro groups is 1. The fourth-order valence-corrected chi connectivity index (χ4v) is 1.31. The summed E-state index contributed by atoms with van der Waals surface area (Å²) in [6, 6.07) is 4.58. The lowest BCUT2D eigenvalue weighted by molar-refractivity contribution is -0.385. The standard InChI is InChI=1S/C10H13N3O3/c1-7-8(12-10(14)6-11-2)4-3-5-9(7)13(15)16/h3-5,11H,6H2,1-2H3,(H,12,14). The maximum atomic E-state index is 11.3. The van der Waals surface area contributed by atoms with Crippen molar-refractivity contribution in [2.45, 2.75) is 6.92 Å². The molecule has 0 aliphatic heterocycles. The number of hydrogen-bond acceptors (Lipinski definition) is 4. The highest BCUT2D eigenvalue weighted by atomic mass is 16.6. The third-order valence-corrected chi connectivity index (χ3v) is 2.11. The number of carbonyl (C=O) groups excluding carboxylic acids is 1. The predicted octanol–water partition coefficient (Wildman–Crippen LogP) is 1.06. The zero-order valence-corrected chi connectivity index (χ0v) is 9.11. The number of nitrogens with one attached hydrogen (secondary N) is 2. The number of nitrogens with zero attached hydrogens (tertiary/aromatic N) is 1. The van der Waals surface area contributed by atoms with Gasteiger partial charge in [-0.25, -0.2) is 0 Å². The molecule has 6 nitrogen and oxygen atoms in total. The molecular weight excluding hydrogens is 210 g/mol. The summed E-state index contributed by atoms with van der Waals surface area (Å²) in [5, 5.41) is 16.0. The Balaban J connectivity index is 2.93. The summed E-state index contributed by atoms with van der Waals surface area (Å²) >= 11 is 0. The van der Waals surface area contributed by atoms with Crippen LogP contribution in [0.15, 0.2) is 18.2 Å². The van der Waals surface area contributed by atoms with Crippen LogP contribution in [0.1, 0.15) is 5.56 Å². The minimum Gasteiger partial charge on any atom is -0.324 e. The van der Waals surface area contributed by atoms with E-state index in [1.165, 1.54) is 6.07 Å². The Kier molecular flexibility index (Phi) is 3.96. The summed E-state index contributed by atoms with van der Waals surface area (Å²) in [5.74, 6) is -0.230. The zero-order valence-electron chi connectivity index (χ0n) is 9.11. The Morgan fingerprint density at radius 3 is 2.75 bits per heavy atom.